The lowest BCUT2D eigenvalue weighted by Crippen LogP contribution is -2.53. The fourth-order valence-electron chi connectivity index (χ4n) is 4.51. The largest absolute Gasteiger partial charge is 0.347 e. The highest BCUT2D eigenvalue weighted by molar-refractivity contribution is 9.10. The van der Waals surface area contributed by atoms with E-state index >= 15 is 0 Å². The van der Waals surface area contributed by atoms with E-state index in [1.54, 1.807) is 0 Å². The van der Waals surface area contributed by atoms with Gasteiger partial charge in [-0.25, -0.2) is 0 Å². The van der Waals surface area contributed by atoms with Gasteiger partial charge in [-0.05, 0) is 59.1 Å². The number of benzene rings is 2. The van der Waals surface area contributed by atoms with Crippen LogP contribution in [-0.4, -0.2) is 23.9 Å². The van der Waals surface area contributed by atoms with Gasteiger partial charge in [-0.3, -0.25) is 9.59 Å². The van der Waals surface area contributed by atoms with E-state index in [0.717, 1.165) is 45.8 Å². The molecule has 0 aliphatic heterocycles. The predicted octanol–water partition coefficient (Wildman–Crippen LogP) is 7.28. The van der Waals surface area contributed by atoms with Crippen LogP contribution in [0.5, 0.6) is 0 Å². The Morgan fingerprint density at radius 2 is 1.06 bits per heavy atom. The summed E-state index contributed by atoms with van der Waals surface area (Å²) in [6, 6.07) is 11.4. The molecule has 0 radical (unpaired) electrons. The number of hydrogen-bond donors (Lipinski definition) is 2. The van der Waals surface area contributed by atoms with Gasteiger partial charge in [-0.2, -0.15) is 0 Å². The molecule has 0 bridgehead atoms. The van der Waals surface area contributed by atoms with Crippen molar-refractivity contribution in [3.8, 4) is 0 Å². The van der Waals surface area contributed by atoms with Crippen molar-refractivity contribution >= 4 is 43.7 Å². The summed E-state index contributed by atoms with van der Waals surface area (Å²) in [7, 11) is 0. The van der Waals surface area contributed by atoms with Gasteiger partial charge in [0.05, 0.1) is 0 Å². The van der Waals surface area contributed by atoms with Crippen molar-refractivity contribution in [3.05, 3.63) is 67.6 Å². The van der Waals surface area contributed by atoms with Crippen LogP contribution in [0.3, 0.4) is 0 Å². The molecule has 1 fully saturated rings. The lowest BCUT2D eigenvalue weighted by atomic mass is 9.86. The van der Waals surface area contributed by atoms with E-state index in [1.807, 2.05) is 36.4 Å². The van der Waals surface area contributed by atoms with Gasteiger partial charge >= 0.3 is 0 Å². The Morgan fingerprint density at radius 1 is 0.706 bits per heavy atom. The summed E-state index contributed by atoms with van der Waals surface area (Å²) in [5, 5.41) is 6.37. The summed E-state index contributed by atoms with van der Waals surface area (Å²) in [5.74, 6) is -0.214. The van der Waals surface area contributed by atoms with Crippen LogP contribution in [0.25, 0.3) is 0 Å². The monoisotopic (exact) mass is 590 g/mol. The molecule has 1 aliphatic carbocycles. The molecule has 0 aromatic heterocycles. The van der Waals surface area contributed by atoms with Crippen LogP contribution < -0.4 is 10.6 Å². The molecule has 1 saturated carbocycles. The van der Waals surface area contributed by atoms with Crippen LogP contribution in [0, 0.1) is 0 Å². The molecule has 2 aromatic rings. The smallest absolute Gasteiger partial charge is 0.251 e. The number of amides is 2. The first-order valence-corrected chi connectivity index (χ1v) is 13.6. The van der Waals surface area contributed by atoms with Gasteiger partial charge in [-0.15, -0.1) is 0 Å². The Labute approximate surface area is 220 Å². The Balaban J connectivity index is 1.71. The fourth-order valence-corrected chi connectivity index (χ4v) is 6.46. The topological polar surface area (TPSA) is 58.2 Å². The maximum absolute atomic E-state index is 13.1. The molecule has 0 saturated heterocycles. The second kappa shape index (κ2) is 10.5. The maximum atomic E-state index is 13.1. The molecule has 3 rings (SSSR count). The van der Waals surface area contributed by atoms with E-state index in [4.69, 9.17) is 0 Å². The first kappa shape index (κ1) is 26.9. The molecule has 0 spiro atoms. The van der Waals surface area contributed by atoms with Crippen LogP contribution in [0.1, 0.15) is 99.1 Å². The minimum absolute atomic E-state index is 0.00728. The maximum Gasteiger partial charge on any atom is 0.251 e. The molecule has 0 heterocycles. The molecule has 0 unspecified atom stereocenters. The molecule has 184 valence electrons. The molecule has 34 heavy (non-hydrogen) atoms. The van der Waals surface area contributed by atoms with E-state index in [0.29, 0.717) is 11.1 Å². The zero-order chi connectivity index (χ0) is 25.3. The van der Waals surface area contributed by atoms with Crippen molar-refractivity contribution in [2.45, 2.75) is 90.1 Å². The number of hydrogen-bond acceptors (Lipinski definition) is 2. The zero-order valence-electron chi connectivity index (χ0n) is 21.0. The van der Waals surface area contributed by atoms with Gasteiger partial charge in [0.1, 0.15) is 0 Å². The molecule has 2 N–H and O–H groups in total. The average molecular weight is 592 g/mol. The zero-order valence-corrected chi connectivity index (χ0v) is 24.2. The molecule has 2 amide bonds. The standard InChI is InChI=1S/C28H36Br2N2O2/c1-27(2,3)19-13-11-17(15-21(19)29)25(33)31-23-9-7-8-10-24(23)32-26(34)18-12-14-20(22(30)16-18)28(4,5)6/h11-16,23-24H,7-10H2,1-6H3,(H,31,33)(H,32,34)/t23-,24-/m1/s1. The van der Waals surface area contributed by atoms with E-state index in [-0.39, 0.29) is 34.7 Å². The van der Waals surface area contributed by atoms with Crippen molar-refractivity contribution in [1.82, 2.24) is 10.6 Å². The van der Waals surface area contributed by atoms with Crippen LogP contribution in [0.15, 0.2) is 45.3 Å². The second-order valence-corrected chi connectivity index (χ2v) is 13.0. The molecule has 6 heteroatoms. The van der Waals surface area contributed by atoms with Crippen LogP contribution in [0.2, 0.25) is 0 Å². The third-order valence-electron chi connectivity index (χ3n) is 6.48. The van der Waals surface area contributed by atoms with E-state index in [2.05, 4.69) is 84.0 Å². The number of rotatable bonds is 4. The minimum atomic E-state index is -0.107. The quantitative estimate of drug-likeness (QED) is 0.392. The SMILES string of the molecule is CC(C)(C)c1ccc(C(=O)N[C@@H]2CCCC[C@H]2NC(=O)c2ccc(C(C)(C)C)c(Br)c2)cc1Br. The van der Waals surface area contributed by atoms with Crippen LogP contribution in [-0.2, 0) is 10.8 Å². The third kappa shape index (κ3) is 6.51. The average Bonchev–Trinajstić information content (AvgIpc) is 2.73. The summed E-state index contributed by atoms with van der Waals surface area (Å²) < 4.78 is 1.87. The minimum Gasteiger partial charge on any atom is -0.347 e. The van der Waals surface area contributed by atoms with Gasteiger partial charge in [0.15, 0.2) is 0 Å². The van der Waals surface area contributed by atoms with Gasteiger partial charge in [0.2, 0.25) is 0 Å². The highest BCUT2D eigenvalue weighted by Gasteiger charge is 2.29. The van der Waals surface area contributed by atoms with Crippen molar-refractivity contribution < 1.29 is 9.59 Å². The molecule has 1 aliphatic rings. The van der Waals surface area contributed by atoms with Crippen LogP contribution in [0.4, 0.5) is 0 Å². The van der Waals surface area contributed by atoms with E-state index in [1.165, 1.54) is 0 Å². The third-order valence-corrected chi connectivity index (χ3v) is 7.79. The van der Waals surface area contributed by atoms with Gasteiger partial charge < -0.3 is 10.6 Å². The summed E-state index contributed by atoms with van der Waals surface area (Å²) in [6.07, 6.45) is 3.78. The molecular formula is C28H36Br2N2O2. The second-order valence-electron chi connectivity index (χ2n) is 11.3. The number of nitrogens with one attached hydrogen (secondary N) is 2. The lowest BCUT2D eigenvalue weighted by molar-refractivity contribution is 0.0862. The Morgan fingerprint density at radius 3 is 1.35 bits per heavy atom. The van der Waals surface area contributed by atoms with Crippen LogP contribution >= 0.6 is 31.9 Å². The normalized spacial score (nSPS) is 18.9. The van der Waals surface area contributed by atoms with Crippen molar-refractivity contribution in [2.75, 3.05) is 0 Å². The Kier molecular flexibility index (Phi) is 8.34. The number of carbonyl (C=O) groups excluding carboxylic acids is 2. The Bertz CT molecular complexity index is 982. The predicted molar refractivity (Wildman–Crippen MR) is 147 cm³/mol. The lowest BCUT2D eigenvalue weighted by Gasteiger charge is -2.33. The van der Waals surface area contributed by atoms with Gasteiger partial charge in [0.25, 0.3) is 11.8 Å². The summed E-state index contributed by atoms with van der Waals surface area (Å²) in [6.45, 7) is 12.9. The molecule has 4 nitrogen and oxygen atoms in total. The number of halogens is 2. The van der Waals surface area contributed by atoms with E-state index < -0.39 is 0 Å². The molecule has 2 atom stereocenters. The summed E-state index contributed by atoms with van der Waals surface area (Å²) in [4.78, 5) is 26.1. The molecular weight excluding hydrogens is 556 g/mol. The van der Waals surface area contributed by atoms with E-state index in [9.17, 15) is 9.59 Å². The highest BCUT2D eigenvalue weighted by atomic mass is 79.9. The van der Waals surface area contributed by atoms with Gasteiger partial charge in [-0.1, -0.05) is 98.4 Å². The Hall–Kier alpha value is -1.66. The fraction of sp³-hybridized carbons (Fsp3) is 0.500. The summed E-state index contributed by atoms with van der Waals surface area (Å²) >= 11 is 7.26. The van der Waals surface area contributed by atoms with Crippen molar-refractivity contribution in [2.24, 2.45) is 0 Å². The summed E-state index contributed by atoms with van der Waals surface area (Å²) in [5.41, 5.74) is 3.56. The van der Waals surface area contributed by atoms with Crippen molar-refractivity contribution in [1.29, 1.82) is 0 Å². The van der Waals surface area contributed by atoms with Crippen molar-refractivity contribution in [3.63, 3.8) is 0 Å². The molecule has 2 aromatic carbocycles. The first-order valence-electron chi connectivity index (χ1n) is 12.0. The number of carbonyl (C=O) groups is 2. The highest BCUT2D eigenvalue weighted by Crippen LogP contribution is 2.32. The first-order chi connectivity index (χ1) is 15.8. The van der Waals surface area contributed by atoms with Gasteiger partial charge in [0, 0.05) is 32.2 Å².